The maximum atomic E-state index is 12.3. The molecule has 8 heteroatoms. The second-order valence-electron chi connectivity index (χ2n) is 5.87. The molecule has 0 radical (unpaired) electrons. The number of carbonyl (C=O) groups excluding carboxylic acids is 2. The molecule has 138 valence electrons. The van der Waals surface area contributed by atoms with Crippen molar-refractivity contribution < 1.29 is 24.2 Å². The molecule has 0 aliphatic carbocycles. The minimum Gasteiger partial charge on any atom is -0.489 e. The second-order valence-corrected chi connectivity index (χ2v) is 6.82. The molecule has 0 atom stereocenters. The minimum atomic E-state index is -1.11. The lowest BCUT2D eigenvalue weighted by Crippen LogP contribution is -2.34. The van der Waals surface area contributed by atoms with Gasteiger partial charge in [-0.3, -0.25) is 9.59 Å². The SMILES string of the molecule is CC(C)Oc1ccc(C(=O)O)cc1NC(=O)CN(C)C(=O)c1cccs1. The number of likely N-dealkylation sites (N-methyl/N-ethyl adjacent to an activating group) is 1. The van der Waals surface area contributed by atoms with Gasteiger partial charge in [0.2, 0.25) is 5.91 Å². The number of nitrogens with zero attached hydrogens (tertiary/aromatic N) is 1. The summed E-state index contributed by atoms with van der Waals surface area (Å²) in [5.74, 6) is -1.45. The first-order valence-electron chi connectivity index (χ1n) is 7.90. The average Bonchev–Trinajstić information content (AvgIpc) is 3.09. The molecule has 1 heterocycles. The summed E-state index contributed by atoms with van der Waals surface area (Å²) in [6.45, 7) is 3.48. The fourth-order valence-electron chi connectivity index (χ4n) is 2.18. The summed E-state index contributed by atoms with van der Waals surface area (Å²) < 4.78 is 5.61. The molecular formula is C18H20N2O5S. The summed E-state index contributed by atoms with van der Waals surface area (Å²) in [6.07, 6.45) is -0.149. The number of nitrogens with one attached hydrogen (secondary N) is 1. The number of carboxylic acid groups (broad SMARTS) is 1. The van der Waals surface area contributed by atoms with E-state index in [1.807, 2.05) is 13.8 Å². The third-order valence-electron chi connectivity index (χ3n) is 3.32. The topological polar surface area (TPSA) is 95.9 Å². The molecule has 0 bridgehead atoms. The van der Waals surface area contributed by atoms with Crippen molar-refractivity contribution in [3.05, 3.63) is 46.2 Å². The van der Waals surface area contributed by atoms with Crippen LogP contribution in [0.4, 0.5) is 5.69 Å². The van der Waals surface area contributed by atoms with Gasteiger partial charge in [0.05, 0.1) is 28.8 Å². The zero-order valence-corrected chi connectivity index (χ0v) is 15.5. The van der Waals surface area contributed by atoms with E-state index in [1.54, 1.807) is 17.5 Å². The molecule has 0 spiro atoms. The van der Waals surface area contributed by atoms with Crippen LogP contribution in [0.2, 0.25) is 0 Å². The third kappa shape index (κ3) is 5.06. The highest BCUT2D eigenvalue weighted by Crippen LogP contribution is 2.27. The average molecular weight is 376 g/mol. The van der Waals surface area contributed by atoms with Crippen molar-refractivity contribution in [1.29, 1.82) is 0 Å². The Balaban J connectivity index is 2.12. The molecule has 7 nitrogen and oxygen atoms in total. The van der Waals surface area contributed by atoms with Crippen LogP contribution in [0.25, 0.3) is 0 Å². The fraction of sp³-hybridized carbons (Fsp3) is 0.278. The predicted molar refractivity (Wildman–Crippen MR) is 99.1 cm³/mol. The van der Waals surface area contributed by atoms with Crippen LogP contribution in [0.15, 0.2) is 35.7 Å². The molecule has 2 amide bonds. The summed E-state index contributed by atoms with van der Waals surface area (Å²) in [5.41, 5.74) is 0.278. The van der Waals surface area contributed by atoms with Gasteiger partial charge in [-0.15, -0.1) is 11.3 Å². The van der Waals surface area contributed by atoms with Crippen molar-refractivity contribution in [2.75, 3.05) is 18.9 Å². The van der Waals surface area contributed by atoms with Crippen molar-refractivity contribution in [3.8, 4) is 5.75 Å². The molecule has 0 aliphatic rings. The number of amides is 2. The monoisotopic (exact) mass is 376 g/mol. The highest BCUT2D eigenvalue weighted by atomic mass is 32.1. The Morgan fingerprint density at radius 2 is 2.00 bits per heavy atom. The normalized spacial score (nSPS) is 10.5. The van der Waals surface area contributed by atoms with Crippen molar-refractivity contribution in [1.82, 2.24) is 4.90 Å². The van der Waals surface area contributed by atoms with Crippen molar-refractivity contribution in [2.45, 2.75) is 20.0 Å². The molecule has 1 aromatic carbocycles. The summed E-state index contributed by atoms with van der Waals surface area (Å²) in [5, 5.41) is 13.5. The first-order valence-corrected chi connectivity index (χ1v) is 8.78. The number of thiophene rings is 1. The number of anilines is 1. The van der Waals surface area contributed by atoms with Gasteiger partial charge < -0.3 is 20.1 Å². The maximum Gasteiger partial charge on any atom is 0.335 e. The number of hydrogen-bond acceptors (Lipinski definition) is 5. The number of carbonyl (C=O) groups is 3. The van der Waals surface area contributed by atoms with Crippen LogP contribution in [0.3, 0.4) is 0 Å². The fourth-order valence-corrected chi connectivity index (χ4v) is 2.90. The summed E-state index contributed by atoms with van der Waals surface area (Å²) in [4.78, 5) is 37.5. The standard InChI is InChI=1S/C18H20N2O5S/c1-11(2)25-14-7-6-12(18(23)24)9-13(14)19-16(21)10-20(3)17(22)15-5-4-8-26-15/h4-9,11H,10H2,1-3H3,(H,19,21)(H,23,24). The molecule has 2 aromatic rings. The molecule has 0 saturated carbocycles. The Morgan fingerprint density at radius 3 is 2.58 bits per heavy atom. The lowest BCUT2D eigenvalue weighted by atomic mass is 10.2. The highest BCUT2D eigenvalue weighted by Gasteiger charge is 2.18. The van der Waals surface area contributed by atoms with Gasteiger partial charge in [0, 0.05) is 7.05 Å². The number of ether oxygens (including phenoxy) is 1. The van der Waals surface area contributed by atoms with Gasteiger partial charge >= 0.3 is 5.97 Å². The molecule has 0 aliphatic heterocycles. The van der Waals surface area contributed by atoms with Crippen molar-refractivity contribution >= 4 is 34.8 Å². The van der Waals surface area contributed by atoms with Crippen LogP contribution in [-0.4, -0.2) is 47.5 Å². The Hall–Kier alpha value is -2.87. The van der Waals surface area contributed by atoms with E-state index >= 15 is 0 Å². The van der Waals surface area contributed by atoms with E-state index in [4.69, 9.17) is 9.84 Å². The van der Waals surface area contributed by atoms with Gasteiger partial charge in [-0.25, -0.2) is 4.79 Å². The molecule has 2 N–H and O–H groups in total. The largest absolute Gasteiger partial charge is 0.489 e. The quantitative estimate of drug-likeness (QED) is 0.774. The minimum absolute atomic E-state index is 0.0272. The highest BCUT2D eigenvalue weighted by molar-refractivity contribution is 7.12. The number of rotatable bonds is 7. The zero-order valence-electron chi connectivity index (χ0n) is 14.7. The maximum absolute atomic E-state index is 12.3. The number of hydrogen-bond donors (Lipinski definition) is 2. The van der Waals surface area contributed by atoms with Gasteiger partial charge in [0.15, 0.2) is 0 Å². The van der Waals surface area contributed by atoms with E-state index in [2.05, 4.69) is 5.32 Å². The van der Waals surface area contributed by atoms with E-state index in [-0.39, 0.29) is 29.8 Å². The Bertz CT molecular complexity index is 802. The zero-order chi connectivity index (χ0) is 19.3. The predicted octanol–water partition coefficient (Wildman–Crippen LogP) is 2.94. The van der Waals surface area contributed by atoms with E-state index in [0.29, 0.717) is 10.6 Å². The third-order valence-corrected chi connectivity index (χ3v) is 4.18. The molecule has 0 fully saturated rings. The summed E-state index contributed by atoms with van der Waals surface area (Å²) >= 11 is 1.30. The van der Waals surface area contributed by atoms with Gasteiger partial charge in [0.25, 0.3) is 5.91 Å². The number of benzene rings is 1. The lowest BCUT2D eigenvalue weighted by Gasteiger charge is -2.18. The van der Waals surface area contributed by atoms with Crippen LogP contribution in [0, 0.1) is 0 Å². The van der Waals surface area contributed by atoms with Gasteiger partial charge in [0.1, 0.15) is 5.75 Å². The van der Waals surface area contributed by atoms with Crippen LogP contribution in [0.5, 0.6) is 5.75 Å². The Kier molecular flexibility index (Phi) is 6.35. The molecule has 0 saturated heterocycles. The van der Waals surface area contributed by atoms with E-state index in [9.17, 15) is 14.4 Å². The van der Waals surface area contributed by atoms with E-state index < -0.39 is 11.9 Å². The molecule has 2 rings (SSSR count). The van der Waals surface area contributed by atoms with Crippen LogP contribution < -0.4 is 10.1 Å². The van der Waals surface area contributed by atoms with Crippen LogP contribution >= 0.6 is 11.3 Å². The van der Waals surface area contributed by atoms with E-state index in [1.165, 1.54) is 41.5 Å². The first kappa shape index (κ1) is 19.5. The number of carboxylic acids is 1. The van der Waals surface area contributed by atoms with E-state index in [0.717, 1.165) is 0 Å². The summed E-state index contributed by atoms with van der Waals surface area (Å²) in [6, 6.07) is 7.69. The Labute approximate surface area is 155 Å². The van der Waals surface area contributed by atoms with Gasteiger partial charge in [-0.1, -0.05) is 6.07 Å². The summed E-state index contributed by atoms with van der Waals surface area (Å²) in [7, 11) is 1.53. The second kappa shape index (κ2) is 8.48. The Morgan fingerprint density at radius 1 is 1.27 bits per heavy atom. The molecule has 26 heavy (non-hydrogen) atoms. The molecule has 1 aromatic heterocycles. The molecule has 0 unspecified atom stereocenters. The lowest BCUT2D eigenvalue weighted by molar-refractivity contribution is -0.116. The smallest absolute Gasteiger partial charge is 0.335 e. The van der Waals surface area contributed by atoms with Crippen molar-refractivity contribution in [2.24, 2.45) is 0 Å². The van der Waals surface area contributed by atoms with Crippen LogP contribution in [-0.2, 0) is 4.79 Å². The first-order chi connectivity index (χ1) is 12.3. The van der Waals surface area contributed by atoms with Crippen LogP contribution in [0.1, 0.15) is 33.9 Å². The molecular weight excluding hydrogens is 356 g/mol. The van der Waals surface area contributed by atoms with Gasteiger partial charge in [-0.2, -0.15) is 0 Å². The van der Waals surface area contributed by atoms with Gasteiger partial charge in [-0.05, 0) is 43.5 Å². The number of aromatic carboxylic acids is 1. The van der Waals surface area contributed by atoms with Crippen molar-refractivity contribution in [3.63, 3.8) is 0 Å².